The molecule has 0 unspecified atom stereocenters. The zero-order valence-corrected chi connectivity index (χ0v) is 11.2. The minimum absolute atomic E-state index is 0.224. The van der Waals surface area contributed by atoms with E-state index >= 15 is 0 Å². The van der Waals surface area contributed by atoms with Crippen LogP contribution in [-0.4, -0.2) is 5.91 Å². The van der Waals surface area contributed by atoms with E-state index < -0.39 is 0 Å². The Morgan fingerprint density at radius 2 is 1.89 bits per heavy atom. The SMILES string of the molecule is Cc1cc(C(=O)NCc2ccc(Cl)cc2)ccc1F. The number of carbonyl (C=O) groups excluding carboxylic acids is 1. The van der Waals surface area contributed by atoms with Gasteiger partial charge in [-0.2, -0.15) is 0 Å². The summed E-state index contributed by atoms with van der Waals surface area (Å²) in [5, 5.41) is 3.43. The van der Waals surface area contributed by atoms with Gasteiger partial charge in [0.15, 0.2) is 0 Å². The van der Waals surface area contributed by atoms with Gasteiger partial charge >= 0.3 is 0 Å². The van der Waals surface area contributed by atoms with Crippen LogP contribution in [0.4, 0.5) is 4.39 Å². The second-order valence-electron chi connectivity index (χ2n) is 4.27. The zero-order valence-electron chi connectivity index (χ0n) is 10.4. The van der Waals surface area contributed by atoms with Crippen LogP contribution in [0.1, 0.15) is 21.5 Å². The lowest BCUT2D eigenvalue weighted by atomic mass is 10.1. The first-order valence-electron chi connectivity index (χ1n) is 5.85. The Labute approximate surface area is 116 Å². The Kier molecular flexibility index (Phi) is 4.17. The quantitative estimate of drug-likeness (QED) is 0.910. The number of amides is 1. The summed E-state index contributed by atoms with van der Waals surface area (Å²) in [7, 11) is 0. The summed E-state index contributed by atoms with van der Waals surface area (Å²) in [6.07, 6.45) is 0. The van der Waals surface area contributed by atoms with E-state index in [2.05, 4.69) is 5.32 Å². The number of benzene rings is 2. The Balaban J connectivity index is 2.01. The molecule has 0 heterocycles. The van der Waals surface area contributed by atoms with Crippen LogP contribution in [0.15, 0.2) is 42.5 Å². The molecule has 0 aliphatic heterocycles. The molecule has 0 aliphatic carbocycles. The van der Waals surface area contributed by atoms with Crippen LogP contribution in [0.5, 0.6) is 0 Å². The molecule has 0 radical (unpaired) electrons. The lowest BCUT2D eigenvalue weighted by Gasteiger charge is -2.06. The fourth-order valence-corrected chi connectivity index (χ4v) is 1.80. The third-order valence-electron chi connectivity index (χ3n) is 2.79. The van der Waals surface area contributed by atoms with Gasteiger partial charge in [-0.15, -0.1) is 0 Å². The van der Waals surface area contributed by atoms with Crippen molar-refractivity contribution in [3.63, 3.8) is 0 Å². The van der Waals surface area contributed by atoms with Crippen LogP contribution in [0.25, 0.3) is 0 Å². The molecule has 0 aromatic heterocycles. The molecule has 0 saturated heterocycles. The average molecular weight is 278 g/mol. The van der Waals surface area contributed by atoms with E-state index in [0.717, 1.165) is 5.56 Å². The molecule has 1 amide bonds. The zero-order chi connectivity index (χ0) is 13.8. The lowest BCUT2D eigenvalue weighted by molar-refractivity contribution is 0.0951. The smallest absolute Gasteiger partial charge is 0.251 e. The second kappa shape index (κ2) is 5.85. The molecule has 0 aliphatic rings. The minimum Gasteiger partial charge on any atom is -0.348 e. The third-order valence-corrected chi connectivity index (χ3v) is 3.04. The molecular weight excluding hydrogens is 265 g/mol. The summed E-state index contributed by atoms with van der Waals surface area (Å²) < 4.78 is 13.1. The molecule has 0 bridgehead atoms. The maximum atomic E-state index is 13.1. The van der Waals surface area contributed by atoms with Crippen molar-refractivity contribution in [2.75, 3.05) is 0 Å². The van der Waals surface area contributed by atoms with Gasteiger partial charge in [-0.05, 0) is 48.4 Å². The van der Waals surface area contributed by atoms with E-state index in [0.29, 0.717) is 22.7 Å². The highest BCUT2D eigenvalue weighted by Gasteiger charge is 2.07. The van der Waals surface area contributed by atoms with Gasteiger partial charge in [-0.1, -0.05) is 23.7 Å². The van der Waals surface area contributed by atoms with E-state index in [4.69, 9.17) is 11.6 Å². The molecule has 4 heteroatoms. The van der Waals surface area contributed by atoms with Gasteiger partial charge < -0.3 is 5.32 Å². The molecule has 0 atom stereocenters. The Hall–Kier alpha value is -1.87. The van der Waals surface area contributed by atoms with Gasteiger partial charge in [0.05, 0.1) is 0 Å². The van der Waals surface area contributed by atoms with Crippen LogP contribution < -0.4 is 5.32 Å². The highest BCUT2D eigenvalue weighted by atomic mass is 35.5. The highest BCUT2D eigenvalue weighted by molar-refractivity contribution is 6.30. The fraction of sp³-hybridized carbons (Fsp3) is 0.133. The summed E-state index contributed by atoms with van der Waals surface area (Å²) in [6.45, 7) is 2.04. The topological polar surface area (TPSA) is 29.1 Å². The number of aryl methyl sites for hydroxylation is 1. The van der Waals surface area contributed by atoms with Crippen molar-refractivity contribution in [1.82, 2.24) is 5.32 Å². The molecule has 98 valence electrons. The van der Waals surface area contributed by atoms with Gasteiger partial charge in [0.1, 0.15) is 5.82 Å². The van der Waals surface area contributed by atoms with Crippen LogP contribution in [0.3, 0.4) is 0 Å². The maximum absolute atomic E-state index is 13.1. The number of rotatable bonds is 3. The lowest BCUT2D eigenvalue weighted by Crippen LogP contribution is -2.22. The molecule has 2 nitrogen and oxygen atoms in total. The summed E-state index contributed by atoms with van der Waals surface area (Å²) >= 11 is 5.78. The van der Waals surface area contributed by atoms with Gasteiger partial charge in [0.25, 0.3) is 5.91 Å². The molecule has 0 spiro atoms. The number of nitrogens with one attached hydrogen (secondary N) is 1. The molecule has 1 N–H and O–H groups in total. The van der Waals surface area contributed by atoms with Crippen molar-refractivity contribution >= 4 is 17.5 Å². The fourth-order valence-electron chi connectivity index (χ4n) is 1.67. The predicted molar refractivity (Wildman–Crippen MR) is 73.8 cm³/mol. The molecule has 2 aromatic rings. The number of halogens is 2. The first-order chi connectivity index (χ1) is 9.06. The number of hydrogen-bond acceptors (Lipinski definition) is 1. The van der Waals surface area contributed by atoms with Crippen molar-refractivity contribution in [2.24, 2.45) is 0 Å². The van der Waals surface area contributed by atoms with Crippen molar-refractivity contribution in [3.8, 4) is 0 Å². The maximum Gasteiger partial charge on any atom is 0.251 e. The standard InChI is InChI=1S/C15H13ClFNO/c1-10-8-12(4-7-14(10)17)15(19)18-9-11-2-5-13(16)6-3-11/h2-8H,9H2,1H3,(H,18,19). The van der Waals surface area contributed by atoms with Crippen LogP contribution >= 0.6 is 11.6 Å². The second-order valence-corrected chi connectivity index (χ2v) is 4.71. The first kappa shape index (κ1) is 13.6. The Morgan fingerprint density at radius 3 is 2.53 bits per heavy atom. The average Bonchev–Trinajstić information content (AvgIpc) is 2.41. The van der Waals surface area contributed by atoms with E-state index in [1.807, 2.05) is 12.1 Å². The normalized spacial score (nSPS) is 10.3. The summed E-state index contributed by atoms with van der Waals surface area (Å²) in [5.41, 5.74) is 1.86. The molecule has 0 fully saturated rings. The van der Waals surface area contributed by atoms with Gasteiger partial charge in [-0.25, -0.2) is 4.39 Å². The molecule has 2 rings (SSSR count). The predicted octanol–water partition coefficient (Wildman–Crippen LogP) is 3.72. The van der Waals surface area contributed by atoms with Crippen LogP contribution in [0.2, 0.25) is 5.02 Å². The molecule has 0 saturated carbocycles. The van der Waals surface area contributed by atoms with Crippen LogP contribution in [0, 0.1) is 12.7 Å². The monoisotopic (exact) mass is 277 g/mol. The van der Waals surface area contributed by atoms with E-state index in [9.17, 15) is 9.18 Å². The van der Waals surface area contributed by atoms with Crippen molar-refractivity contribution in [1.29, 1.82) is 0 Å². The summed E-state index contributed by atoms with van der Waals surface area (Å²) in [6, 6.07) is 11.5. The highest BCUT2D eigenvalue weighted by Crippen LogP contribution is 2.11. The number of hydrogen-bond donors (Lipinski definition) is 1. The van der Waals surface area contributed by atoms with Crippen molar-refractivity contribution in [2.45, 2.75) is 13.5 Å². The molecule has 2 aromatic carbocycles. The van der Waals surface area contributed by atoms with E-state index in [1.165, 1.54) is 18.2 Å². The van der Waals surface area contributed by atoms with Crippen molar-refractivity contribution < 1.29 is 9.18 Å². The largest absolute Gasteiger partial charge is 0.348 e. The first-order valence-corrected chi connectivity index (χ1v) is 6.23. The molecule has 19 heavy (non-hydrogen) atoms. The van der Waals surface area contributed by atoms with Gasteiger partial charge in [-0.3, -0.25) is 4.79 Å². The van der Waals surface area contributed by atoms with E-state index in [1.54, 1.807) is 19.1 Å². The number of carbonyl (C=O) groups is 1. The van der Waals surface area contributed by atoms with Gasteiger partial charge in [0, 0.05) is 17.1 Å². The van der Waals surface area contributed by atoms with Crippen LogP contribution in [-0.2, 0) is 6.54 Å². The summed E-state index contributed by atoms with van der Waals surface area (Å²) in [4.78, 5) is 11.9. The van der Waals surface area contributed by atoms with Gasteiger partial charge in [0.2, 0.25) is 0 Å². The minimum atomic E-state index is -0.311. The Bertz CT molecular complexity index is 596. The Morgan fingerprint density at radius 1 is 1.21 bits per heavy atom. The summed E-state index contributed by atoms with van der Waals surface area (Å²) in [5.74, 6) is -0.535. The van der Waals surface area contributed by atoms with E-state index in [-0.39, 0.29) is 11.7 Å². The molecular formula is C15H13ClFNO. The van der Waals surface area contributed by atoms with Crippen molar-refractivity contribution in [3.05, 3.63) is 70.0 Å². The third kappa shape index (κ3) is 3.55.